The summed E-state index contributed by atoms with van der Waals surface area (Å²) in [4.78, 5) is 16.3. The molecule has 0 saturated heterocycles. The molecule has 1 aliphatic rings. The third-order valence-corrected chi connectivity index (χ3v) is 4.41. The molecule has 0 aliphatic heterocycles. The number of hydrogen-bond acceptors (Lipinski definition) is 2. The highest BCUT2D eigenvalue weighted by atomic mass is 127. The number of aliphatic imine (C=N–C) groups is 1. The second-order valence-corrected chi connectivity index (χ2v) is 6.36. The number of nitrogens with zero attached hydrogens (tertiary/aromatic N) is 1. The van der Waals surface area contributed by atoms with Crippen molar-refractivity contribution in [2.24, 2.45) is 4.99 Å². The van der Waals surface area contributed by atoms with Crippen LogP contribution in [0.1, 0.15) is 61.4 Å². The number of carbonyl (C=O) groups is 1. The van der Waals surface area contributed by atoms with Crippen molar-refractivity contribution < 1.29 is 4.79 Å². The van der Waals surface area contributed by atoms with E-state index in [0.29, 0.717) is 18.2 Å². The van der Waals surface area contributed by atoms with E-state index in [2.05, 4.69) is 27.9 Å². The average Bonchev–Trinajstić information content (AvgIpc) is 3.12. The molecule has 6 heteroatoms. The van der Waals surface area contributed by atoms with Crippen LogP contribution in [0.25, 0.3) is 0 Å². The lowest BCUT2D eigenvalue weighted by molar-refractivity contribution is 0.0953. The molecule has 0 radical (unpaired) electrons. The predicted octanol–water partition coefficient (Wildman–Crippen LogP) is 3.44. The smallest absolute Gasteiger partial charge is 0.251 e. The minimum absolute atomic E-state index is 0. The summed E-state index contributed by atoms with van der Waals surface area (Å²) in [5.74, 6) is 0.852. The lowest BCUT2D eigenvalue weighted by Gasteiger charge is -2.17. The molecule has 1 amide bonds. The summed E-state index contributed by atoms with van der Waals surface area (Å²) in [5, 5.41) is 9.75. The van der Waals surface area contributed by atoms with Crippen LogP contribution in [0.4, 0.5) is 0 Å². The van der Waals surface area contributed by atoms with E-state index in [0.717, 1.165) is 30.9 Å². The number of amides is 1. The van der Waals surface area contributed by atoms with E-state index < -0.39 is 0 Å². The molecule has 2 rings (SSSR count). The third kappa shape index (κ3) is 7.63. The maximum Gasteiger partial charge on any atom is 0.251 e. The normalized spacial score (nSPS) is 14.7. The highest BCUT2D eigenvalue weighted by Gasteiger charge is 2.15. The highest BCUT2D eigenvalue weighted by molar-refractivity contribution is 14.0. The zero-order chi connectivity index (χ0) is 17.2. The first-order valence-electron chi connectivity index (χ1n) is 9.07. The van der Waals surface area contributed by atoms with Crippen LogP contribution in [0, 0.1) is 0 Å². The van der Waals surface area contributed by atoms with Crippen molar-refractivity contribution in [1.29, 1.82) is 0 Å². The number of carbonyl (C=O) groups excluding carboxylic acids is 1. The Kier molecular flexibility index (Phi) is 10.5. The van der Waals surface area contributed by atoms with Crippen molar-refractivity contribution in [2.75, 3.05) is 13.6 Å². The van der Waals surface area contributed by atoms with Crippen molar-refractivity contribution >= 4 is 35.8 Å². The average molecular weight is 458 g/mol. The van der Waals surface area contributed by atoms with Crippen LogP contribution in [-0.4, -0.2) is 31.5 Å². The number of unbranched alkanes of at least 4 members (excludes halogenated alkanes) is 1. The van der Waals surface area contributed by atoms with Crippen molar-refractivity contribution in [1.82, 2.24) is 16.0 Å². The van der Waals surface area contributed by atoms with Crippen LogP contribution in [0.5, 0.6) is 0 Å². The van der Waals surface area contributed by atoms with Gasteiger partial charge in [-0.2, -0.15) is 0 Å². The molecule has 1 aliphatic carbocycles. The van der Waals surface area contributed by atoms with E-state index >= 15 is 0 Å². The van der Waals surface area contributed by atoms with Crippen LogP contribution in [0.2, 0.25) is 0 Å². The number of guanidine groups is 1. The van der Waals surface area contributed by atoms with E-state index in [1.54, 1.807) is 7.05 Å². The summed E-state index contributed by atoms with van der Waals surface area (Å²) in [6.07, 6.45) is 7.15. The molecule has 5 nitrogen and oxygen atoms in total. The topological polar surface area (TPSA) is 65.5 Å². The summed E-state index contributed by atoms with van der Waals surface area (Å²) in [5.41, 5.74) is 1.85. The van der Waals surface area contributed by atoms with Gasteiger partial charge in [0.1, 0.15) is 0 Å². The molecule has 0 unspecified atom stereocenters. The van der Waals surface area contributed by atoms with E-state index in [1.165, 1.54) is 25.7 Å². The Morgan fingerprint density at radius 2 is 1.84 bits per heavy atom. The molecular weight excluding hydrogens is 427 g/mol. The molecule has 1 fully saturated rings. The van der Waals surface area contributed by atoms with Gasteiger partial charge >= 0.3 is 0 Å². The van der Waals surface area contributed by atoms with E-state index in [4.69, 9.17) is 0 Å². The van der Waals surface area contributed by atoms with Crippen molar-refractivity contribution in [3.63, 3.8) is 0 Å². The number of halogens is 1. The number of hydrogen-bond donors (Lipinski definition) is 3. The molecule has 3 N–H and O–H groups in total. The van der Waals surface area contributed by atoms with Crippen molar-refractivity contribution in [2.45, 2.75) is 58.0 Å². The number of rotatable bonds is 7. The zero-order valence-corrected chi connectivity index (χ0v) is 17.6. The highest BCUT2D eigenvalue weighted by Crippen LogP contribution is 2.17. The van der Waals surface area contributed by atoms with Gasteiger partial charge in [0, 0.05) is 31.7 Å². The Morgan fingerprint density at radius 3 is 2.44 bits per heavy atom. The monoisotopic (exact) mass is 458 g/mol. The molecule has 1 aromatic carbocycles. The molecule has 1 aromatic rings. The Morgan fingerprint density at radius 1 is 1.16 bits per heavy atom. The summed E-state index contributed by atoms with van der Waals surface area (Å²) in [6, 6.07) is 8.29. The van der Waals surface area contributed by atoms with Crippen molar-refractivity contribution in [3.8, 4) is 0 Å². The van der Waals surface area contributed by atoms with Gasteiger partial charge in [-0.3, -0.25) is 9.79 Å². The lowest BCUT2D eigenvalue weighted by atomic mass is 10.1. The van der Waals surface area contributed by atoms with Gasteiger partial charge in [0.05, 0.1) is 0 Å². The molecule has 25 heavy (non-hydrogen) atoms. The molecule has 0 spiro atoms. The van der Waals surface area contributed by atoms with Gasteiger partial charge < -0.3 is 16.0 Å². The summed E-state index contributed by atoms with van der Waals surface area (Å²) < 4.78 is 0. The first-order chi connectivity index (χ1) is 11.7. The Balaban J connectivity index is 0.00000312. The van der Waals surface area contributed by atoms with Crippen LogP contribution in [0.3, 0.4) is 0 Å². The van der Waals surface area contributed by atoms with Crippen LogP contribution >= 0.6 is 24.0 Å². The van der Waals surface area contributed by atoms with Gasteiger partial charge in [0.2, 0.25) is 0 Å². The van der Waals surface area contributed by atoms with Crippen LogP contribution in [-0.2, 0) is 6.54 Å². The van der Waals surface area contributed by atoms with Gasteiger partial charge in [-0.1, -0.05) is 38.3 Å². The summed E-state index contributed by atoms with van der Waals surface area (Å²) >= 11 is 0. The first kappa shape index (κ1) is 21.7. The minimum atomic E-state index is 0. The maximum absolute atomic E-state index is 12.0. The quantitative estimate of drug-likeness (QED) is 0.254. The fourth-order valence-electron chi connectivity index (χ4n) is 2.90. The number of nitrogens with one attached hydrogen (secondary N) is 3. The Hall–Kier alpha value is -1.31. The standard InChI is InChI=1S/C19H30N4O.HI/c1-3-4-13-21-18(24)16-11-9-15(10-12-16)14-22-19(20-2)23-17-7-5-6-8-17;/h9-12,17H,3-8,13-14H2,1-2H3,(H,21,24)(H2,20,22,23);1H. The zero-order valence-electron chi connectivity index (χ0n) is 15.3. The molecule has 0 bridgehead atoms. The first-order valence-corrected chi connectivity index (χ1v) is 9.07. The van der Waals surface area contributed by atoms with Gasteiger partial charge in [-0.15, -0.1) is 24.0 Å². The van der Waals surface area contributed by atoms with Gasteiger partial charge in [-0.05, 0) is 37.0 Å². The van der Waals surface area contributed by atoms with Gasteiger partial charge in [0.15, 0.2) is 5.96 Å². The summed E-state index contributed by atoms with van der Waals surface area (Å²) in [6.45, 7) is 3.55. The summed E-state index contributed by atoms with van der Waals surface area (Å²) in [7, 11) is 1.80. The molecule has 0 atom stereocenters. The molecule has 1 saturated carbocycles. The van der Waals surface area contributed by atoms with E-state index in [9.17, 15) is 4.79 Å². The fourth-order valence-corrected chi connectivity index (χ4v) is 2.90. The van der Waals surface area contributed by atoms with Gasteiger partial charge in [-0.25, -0.2) is 0 Å². The second kappa shape index (κ2) is 12.1. The number of benzene rings is 1. The molecule has 140 valence electrons. The third-order valence-electron chi connectivity index (χ3n) is 4.41. The van der Waals surface area contributed by atoms with Crippen molar-refractivity contribution in [3.05, 3.63) is 35.4 Å². The van der Waals surface area contributed by atoms with E-state index in [1.807, 2.05) is 24.3 Å². The van der Waals surface area contributed by atoms with Crippen LogP contribution in [0.15, 0.2) is 29.3 Å². The lowest BCUT2D eigenvalue weighted by Crippen LogP contribution is -2.41. The molecule has 0 aromatic heterocycles. The maximum atomic E-state index is 12.0. The second-order valence-electron chi connectivity index (χ2n) is 6.36. The largest absolute Gasteiger partial charge is 0.354 e. The SMILES string of the molecule is CCCCNC(=O)c1ccc(CNC(=NC)NC2CCCC2)cc1.I. The minimum Gasteiger partial charge on any atom is -0.354 e. The van der Waals surface area contributed by atoms with Crippen LogP contribution < -0.4 is 16.0 Å². The fraction of sp³-hybridized carbons (Fsp3) is 0.579. The van der Waals surface area contributed by atoms with E-state index in [-0.39, 0.29) is 29.9 Å². The Labute approximate surface area is 168 Å². The Bertz CT molecular complexity index is 539. The molecule has 0 heterocycles. The van der Waals surface area contributed by atoms with Gasteiger partial charge in [0.25, 0.3) is 5.91 Å². The molecular formula is C19H31IN4O. The predicted molar refractivity (Wildman–Crippen MR) is 115 cm³/mol.